The van der Waals surface area contributed by atoms with E-state index in [9.17, 15) is 23.2 Å². The number of imide groups is 1. The van der Waals surface area contributed by atoms with E-state index in [-0.39, 0.29) is 29.8 Å². The normalized spacial score (nSPS) is 11.2. The van der Waals surface area contributed by atoms with Gasteiger partial charge >= 0.3 is 6.03 Å². The number of anilines is 2. The first-order valence-corrected chi connectivity index (χ1v) is 17.3. The van der Waals surface area contributed by atoms with Crippen molar-refractivity contribution in [2.45, 2.75) is 94.5 Å². The van der Waals surface area contributed by atoms with Crippen molar-refractivity contribution < 1.29 is 27.9 Å². The highest BCUT2D eigenvalue weighted by Gasteiger charge is 2.21. The molecule has 0 unspecified atom stereocenters. The standard InChI is InChI=1S/C28H27F2N5O4.5C2H6/c1-2-27(37)35-13-10-20(11-14-35)32-25-17-22(9-12-31-25)39-24-8-7-21(16-23(24)30)33-28(38)34-26(36)15-18-3-5-19(29)6-4-18;5*1-2/h2-9,12,16-17,20H,1,10-11,13-15H2,(H,31,32)(H2,33,34,36,38);5*1-2H3. The molecular formula is C38H57F2N5O4. The summed E-state index contributed by atoms with van der Waals surface area (Å²) < 4.78 is 33.4. The average Bonchev–Trinajstić information content (AvgIpc) is 3.14. The summed E-state index contributed by atoms with van der Waals surface area (Å²) in [6.07, 6.45) is 4.23. The summed E-state index contributed by atoms with van der Waals surface area (Å²) in [6, 6.07) is 11.7. The Hall–Kier alpha value is -4.80. The predicted molar refractivity (Wildman–Crippen MR) is 198 cm³/mol. The summed E-state index contributed by atoms with van der Waals surface area (Å²) in [4.78, 5) is 41.9. The van der Waals surface area contributed by atoms with Crippen molar-refractivity contribution in [2.24, 2.45) is 0 Å². The van der Waals surface area contributed by atoms with Gasteiger partial charge in [0.05, 0.1) is 6.42 Å². The number of pyridine rings is 1. The van der Waals surface area contributed by atoms with Crippen LogP contribution in [-0.2, 0) is 16.0 Å². The van der Waals surface area contributed by atoms with Gasteiger partial charge in [0.1, 0.15) is 17.4 Å². The number of nitrogens with one attached hydrogen (secondary N) is 3. The molecule has 4 rings (SSSR count). The van der Waals surface area contributed by atoms with Crippen molar-refractivity contribution in [3.8, 4) is 11.5 Å². The molecule has 0 atom stereocenters. The minimum Gasteiger partial charge on any atom is -0.454 e. The quantitative estimate of drug-likeness (QED) is 0.204. The molecule has 1 aromatic heterocycles. The van der Waals surface area contributed by atoms with Crippen LogP contribution in [0.5, 0.6) is 11.5 Å². The Balaban J connectivity index is 0. The number of ether oxygens (including phenoxy) is 1. The Labute approximate surface area is 292 Å². The van der Waals surface area contributed by atoms with E-state index in [1.807, 2.05) is 69.2 Å². The summed E-state index contributed by atoms with van der Waals surface area (Å²) in [5.74, 6) is -0.989. The molecule has 0 aliphatic carbocycles. The fourth-order valence-corrected chi connectivity index (χ4v) is 4.05. The highest BCUT2D eigenvalue weighted by molar-refractivity contribution is 6.01. The maximum Gasteiger partial charge on any atom is 0.325 e. The highest BCUT2D eigenvalue weighted by Crippen LogP contribution is 2.28. The van der Waals surface area contributed by atoms with Gasteiger partial charge in [0.15, 0.2) is 11.6 Å². The number of piperidine rings is 1. The van der Waals surface area contributed by atoms with Crippen LogP contribution in [0, 0.1) is 11.6 Å². The summed E-state index contributed by atoms with van der Waals surface area (Å²) >= 11 is 0. The van der Waals surface area contributed by atoms with Gasteiger partial charge in [0, 0.05) is 43.1 Å². The molecule has 2 aromatic carbocycles. The van der Waals surface area contributed by atoms with E-state index in [0.717, 1.165) is 18.9 Å². The minimum absolute atomic E-state index is 0.0678. The lowest BCUT2D eigenvalue weighted by molar-refractivity contribution is -0.127. The molecule has 0 bridgehead atoms. The van der Waals surface area contributed by atoms with Crippen LogP contribution < -0.4 is 20.7 Å². The molecule has 272 valence electrons. The number of carbonyl (C=O) groups is 3. The van der Waals surface area contributed by atoms with Gasteiger partial charge in [-0.25, -0.2) is 18.6 Å². The predicted octanol–water partition coefficient (Wildman–Crippen LogP) is 9.76. The van der Waals surface area contributed by atoms with E-state index in [0.29, 0.717) is 30.2 Å². The van der Waals surface area contributed by atoms with Crippen molar-refractivity contribution in [3.05, 3.63) is 90.6 Å². The number of amides is 4. The van der Waals surface area contributed by atoms with Gasteiger partial charge < -0.3 is 20.3 Å². The molecule has 0 saturated carbocycles. The third-order valence-corrected chi connectivity index (χ3v) is 6.01. The van der Waals surface area contributed by atoms with E-state index >= 15 is 0 Å². The number of hydrogen-bond acceptors (Lipinski definition) is 6. The molecule has 1 aliphatic rings. The second-order valence-electron chi connectivity index (χ2n) is 8.88. The number of likely N-dealkylation sites (tertiary alicyclic amines) is 1. The van der Waals surface area contributed by atoms with Gasteiger partial charge in [-0.2, -0.15) is 0 Å². The lowest BCUT2D eigenvalue weighted by Crippen LogP contribution is -2.41. The maximum absolute atomic E-state index is 14.7. The molecule has 1 aliphatic heterocycles. The zero-order valence-corrected chi connectivity index (χ0v) is 31.0. The number of rotatable bonds is 8. The lowest BCUT2D eigenvalue weighted by Gasteiger charge is -2.32. The number of halogens is 2. The number of urea groups is 1. The third-order valence-electron chi connectivity index (χ3n) is 6.01. The Bertz CT molecular complexity index is 1360. The Kier molecular flexibility index (Phi) is 26.7. The summed E-state index contributed by atoms with van der Waals surface area (Å²) in [5.41, 5.74) is 0.652. The van der Waals surface area contributed by atoms with Crippen LogP contribution in [0.25, 0.3) is 0 Å². The van der Waals surface area contributed by atoms with Gasteiger partial charge in [-0.3, -0.25) is 14.9 Å². The van der Waals surface area contributed by atoms with E-state index in [1.165, 1.54) is 48.7 Å². The molecule has 1 saturated heterocycles. The summed E-state index contributed by atoms with van der Waals surface area (Å²) in [5, 5.41) is 7.85. The Morgan fingerprint density at radius 1 is 0.878 bits per heavy atom. The second kappa shape index (κ2) is 28.2. The van der Waals surface area contributed by atoms with Crippen molar-refractivity contribution in [2.75, 3.05) is 23.7 Å². The fraction of sp³-hybridized carbons (Fsp3) is 0.421. The van der Waals surface area contributed by atoms with Crippen LogP contribution in [-0.4, -0.2) is 46.9 Å². The monoisotopic (exact) mass is 685 g/mol. The van der Waals surface area contributed by atoms with E-state index in [2.05, 4.69) is 27.5 Å². The topological polar surface area (TPSA) is 113 Å². The molecule has 3 aromatic rings. The van der Waals surface area contributed by atoms with Crippen molar-refractivity contribution in [3.63, 3.8) is 0 Å². The van der Waals surface area contributed by atoms with Gasteiger partial charge in [0.2, 0.25) is 11.8 Å². The zero-order valence-electron chi connectivity index (χ0n) is 31.0. The first-order valence-electron chi connectivity index (χ1n) is 17.3. The molecule has 49 heavy (non-hydrogen) atoms. The van der Waals surface area contributed by atoms with Crippen LogP contribution in [0.15, 0.2) is 73.4 Å². The van der Waals surface area contributed by atoms with Crippen LogP contribution in [0.2, 0.25) is 0 Å². The van der Waals surface area contributed by atoms with Crippen LogP contribution in [0.1, 0.15) is 87.6 Å². The van der Waals surface area contributed by atoms with Gasteiger partial charge in [-0.05, 0) is 54.8 Å². The smallest absolute Gasteiger partial charge is 0.325 e. The zero-order chi connectivity index (χ0) is 37.8. The van der Waals surface area contributed by atoms with Crippen molar-refractivity contribution in [1.82, 2.24) is 15.2 Å². The number of aromatic nitrogens is 1. The molecule has 2 heterocycles. The first kappa shape index (κ1) is 46.3. The number of hydrogen-bond donors (Lipinski definition) is 3. The van der Waals surface area contributed by atoms with E-state index in [4.69, 9.17) is 4.74 Å². The molecule has 0 radical (unpaired) electrons. The first-order chi connectivity index (χ1) is 23.8. The lowest BCUT2D eigenvalue weighted by atomic mass is 10.0. The largest absolute Gasteiger partial charge is 0.454 e. The van der Waals surface area contributed by atoms with Crippen molar-refractivity contribution >= 4 is 29.4 Å². The number of benzene rings is 2. The minimum atomic E-state index is -0.834. The number of nitrogens with zero attached hydrogens (tertiary/aromatic N) is 2. The third kappa shape index (κ3) is 17.8. The highest BCUT2D eigenvalue weighted by atomic mass is 19.1. The molecular weight excluding hydrogens is 628 g/mol. The maximum atomic E-state index is 14.7. The van der Waals surface area contributed by atoms with Crippen LogP contribution in [0.3, 0.4) is 0 Å². The molecule has 11 heteroatoms. The van der Waals surface area contributed by atoms with Gasteiger partial charge in [-0.15, -0.1) is 0 Å². The molecule has 0 spiro atoms. The Morgan fingerprint density at radius 2 is 1.47 bits per heavy atom. The van der Waals surface area contributed by atoms with E-state index < -0.39 is 23.6 Å². The second-order valence-corrected chi connectivity index (χ2v) is 8.88. The van der Waals surface area contributed by atoms with Gasteiger partial charge in [0.25, 0.3) is 0 Å². The molecule has 4 amide bonds. The average molecular weight is 686 g/mol. The number of carbonyl (C=O) groups excluding carboxylic acids is 3. The molecule has 9 nitrogen and oxygen atoms in total. The van der Waals surface area contributed by atoms with E-state index in [1.54, 1.807) is 17.0 Å². The Morgan fingerprint density at radius 3 is 2.02 bits per heavy atom. The summed E-state index contributed by atoms with van der Waals surface area (Å²) in [6.45, 7) is 24.7. The fourth-order valence-electron chi connectivity index (χ4n) is 4.05. The summed E-state index contributed by atoms with van der Waals surface area (Å²) in [7, 11) is 0. The van der Waals surface area contributed by atoms with Crippen LogP contribution >= 0.6 is 0 Å². The SMILES string of the molecule is C=CC(=O)N1CCC(Nc2cc(Oc3ccc(NC(=O)NC(=O)Cc4ccc(F)cc4)cc3F)ccn2)CC1.CC.CC.CC.CC.CC. The van der Waals surface area contributed by atoms with Crippen molar-refractivity contribution in [1.29, 1.82) is 0 Å². The van der Waals surface area contributed by atoms with Gasteiger partial charge in [-0.1, -0.05) is 87.9 Å². The molecule has 1 fully saturated rings. The van der Waals surface area contributed by atoms with Crippen LogP contribution in [0.4, 0.5) is 25.1 Å². The molecule has 3 N–H and O–H groups in total.